The third-order valence-electron chi connectivity index (χ3n) is 6.17. The maximum absolute atomic E-state index is 14.5. The van der Waals surface area contributed by atoms with E-state index in [1.165, 1.54) is 13.8 Å². The van der Waals surface area contributed by atoms with E-state index in [1.807, 2.05) is 6.92 Å². The van der Waals surface area contributed by atoms with E-state index in [9.17, 15) is 35.5 Å². The fourth-order valence-electron chi connectivity index (χ4n) is 3.99. The molecule has 0 fully saturated rings. The minimum Gasteiger partial charge on any atom is -0.398 e. The topological polar surface area (TPSA) is 43.1 Å². The summed E-state index contributed by atoms with van der Waals surface area (Å²) in [6.07, 6.45) is -12.7. The zero-order chi connectivity index (χ0) is 25.0. The van der Waals surface area contributed by atoms with Crippen LogP contribution < -0.4 is 5.73 Å². The van der Waals surface area contributed by atoms with E-state index >= 15 is 0 Å². The molecule has 0 amide bonds. The van der Waals surface area contributed by atoms with E-state index in [0.717, 1.165) is 11.1 Å². The fourth-order valence-corrected chi connectivity index (χ4v) is 3.99. The van der Waals surface area contributed by atoms with Crippen molar-refractivity contribution in [3.63, 3.8) is 0 Å². The SMILES string of the molecule is Cc1cc(C(F)(C(F)(F)F)C(F)(F)F)cc(C)c1CC(=O)c1c(C)c(C)c(C)c(N)c1C. The summed E-state index contributed by atoms with van der Waals surface area (Å²) in [5.74, 6) is -0.382. The first-order valence-corrected chi connectivity index (χ1v) is 9.68. The largest absolute Gasteiger partial charge is 0.435 e. The molecule has 0 atom stereocenters. The van der Waals surface area contributed by atoms with Crippen molar-refractivity contribution in [3.05, 3.63) is 62.2 Å². The summed E-state index contributed by atoms with van der Waals surface area (Å²) in [5.41, 5.74) is 2.85. The van der Waals surface area contributed by atoms with Crippen molar-refractivity contribution in [1.29, 1.82) is 0 Å². The average molecular weight is 463 g/mol. The second-order valence-corrected chi connectivity index (χ2v) is 8.13. The van der Waals surface area contributed by atoms with Crippen LogP contribution in [0.5, 0.6) is 0 Å². The van der Waals surface area contributed by atoms with Crippen molar-refractivity contribution < 1.29 is 35.5 Å². The number of aryl methyl sites for hydroxylation is 2. The van der Waals surface area contributed by atoms with Gasteiger partial charge >= 0.3 is 18.0 Å². The van der Waals surface area contributed by atoms with E-state index < -0.39 is 23.6 Å². The number of halogens is 7. The summed E-state index contributed by atoms with van der Waals surface area (Å²) in [6.45, 7) is 9.54. The zero-order valence-electron chi connectivity index (χ0n) is 18.5. The Morgan fingerprint density at radius 1 is 0.750 bits per heavy atom. The predicted octanol–water partition coefficient (Wildman–Crippen LogP) is 6.83. The lowest BCUT2D eigenvalue weighted by Gasteiger charge is -2.31. The first-order valence-electron chi connectivity index (χ1n) is 9.68. The number of nitrogens with two attached hydrogens (primary N) is 1. The van der Waals surface area contributed by atoms with Crippen LogP contribution in [0.25, 0.3) is 0 Å². The van der Waals surface area contributed by atoms with Crippen molar-refractivity contribution in [3.8, 4) is 0 Å². The number of carbonyl (C=O) groups is 1. The molecule has 32 heavy (non-hydrogen) atoms. The molecular formula is C23H24F7NO. The van der Waals surface area contributed by atoms with Crippen molar-refractivity contribution in [2.24, 2.45) is 0 Å². The molecule has 2 aromatic carbocycles. The number of benzene rings is 2. The number of hydrogen-bond donors (Lipinski definition) is 1. The highest BCUT2D eigenvalue weighted by Crippen LogP contribution is 2.53. The summed E-state index contributed by atoms with van der Waals surface area (Å²) in [7, 11) is 0. The first kappa shape index (κ1) is 25.7. The molecule has 2 rings (SSSR count). The molecule has 2 N–H and O–H groups in total. The minimum absolute atomic E-state index is 0.0454. The van der Waals surface area contributed by atoms with Crippen LogP contribution in [0, 0.1) is 41.5 Å². The maximum Gasteiger partial charge on any atom is 0.435 e. The quantitative estimate of drug-likeness (QED) is 0.307. The van der Waals surface area contributed by atoms with Gasteiger partial charge in [-0.1, -0.05) is 12.1 Å². The zero-order valence-corrected chi connectivity index (χ0v) is 18.5. The van der Waals surface area contributed by atoms with Crippen LogP contribution in [-0.4, -0.2) is 18.1 Å². The fraction of sp³-hybridized carbons (Fsp3) is 0.435. The average Bonchev–Trinajstić information content (AvgIpc) is 2.65. The molecule has 0 saturated heterocycles. The predicted molar refractivity (Wildman–Crippen MR) is 109 cm³/mol. The van der Waals surface area contributed by atoms with Crippen LogP contribution in [0.15, 0.2) is 12.1 Å². The van der Waals surface area contributed by atoms with E-state index in [4.69, 9.17) is 5.73 Å². The van der Waals surface area contributed by atoms with Gasteiger partial charge in [-0.3, -0.25) is 4.79 Å². The van der Waals surface area contributed by atoms with Crippen molar-refractivity contribution in [2.75, 3.05) is 5.73 Å². The van der Waals surface area contributed by atoms with Gasteiger partial charge in [-0.05, 0) is 80.5 Å². The summed E-state index contributed by atoms with van der Waals surface area (Å²) in [5, 5.41) is 0. The van der Waals surface area contributed by atoms with E-state index in [2.05, 4.69) is 0 Å². The maximum atomic E-state index is 14.5. The Hall–Kier alpha value is -2.58. The molecule has 0 unspecified atom stereocenters. The minimum atomic E-state index is -6.20. The number of hydrogen-bond acceptors (Lipinski definition) is 2. The summed E-state index contributed by atoms with van der Waals surface area (Å²) in [6, 6.07) is 1.01. The van der Waals surface area contributed by atoms with Gasteiger partial charge in [0.15, 0.2) is 5.78 Å². The van der Waals surface area contributed by atoms with Gasteiger partial charge in [-0.15, -0.1) is 0 Å². The number of ketones is 1. The van der Waals surface area contributed by atoms with Crippen molar-refractivity contribution >= 4 is 11.5 Å². The molecule has 2 aromatic rings. The van der Waals surface area contributed by atoms with Crippen LogP contribution in [0.1, 0.15) is 54.9 Å². The Morgan fingerprint density at radius 2 is 1.19 bits per heavy atom. The Balaban J connectivity index is 2.60. The van der Waals surface area contributed by atoms with E-state index in [-0.39, 0.29) is 28.9 Å². The molecule has 9 heteroatoms. The molecule has 0 aromatic heterocycles. The van der Waals surface area contributed by atoms with Gasteiger partial charge in [0.2, 0.25) is 0 Å². The molecule has 0 saturated carbocycles. The number of rotatable bonds is 4. The van der Waals surface area contributed by atoms with Gasteiger partial charge in [0.1, 0.15) is 0 Å². The molecule has 2 nitrogen and oxygen atoms in total. The molecule has 0 aliphatic heterocycles. The number of Topliss-reactive ketones (excluding diaryl/α,β-unsaturated/α-hetero) is 1. The molecule has 0 spiro atoms. The third-order valence-corrected chi connectivity index (χ3v) is 6.17. The van der Waals surface area contributed by atoms with Gasteiger partial charge < -0.3 is 5.73 Å². The number of nitrogen functional groups attached to an aromatic ring is 1. The van der Waals surface area contributed by atoms with Gasteiger partial charge in [0, 0.05) is 23.2 Å². The van der Waals surface area contributed by atoms with Crippen LogP contribution in [0.4, 0.5) is 36.4 Å². The van der Waals surface area contributed by atoms with Crippen molar-refractivity contribution in [1.82, 2.24) is 0 Å². The van der Waals surface area contributed by atoms with Crippen LogP contribution in [-0.2, 0) is 12.1 Å². The second kappa shape index (κ2) is 8.08. The van der Waals surface area contributed by atoms with E-state index in [1.54, 1.807) is 20.8 Å². The Morgan fingerprint density at radius 3 is 1.59 bits per heavy atom. The lowest BCUT2D eigenvalue weighted by atomic mass is 9.85. The smallest absolute Gasteiger partial charge is 0.398 e. The normalized spacial score (nSPS) is 12.9. The number of anilines is 1. The standard InChI is InChI=1S/C23H24F7NO/c1-10-7-16(21(24,22(25,26)27)23(28,29)30)8-11(2)17(10)9-18(32)19-13(4)12(3)14(5)20(31)15(19)6/h7-8H,9,31H2,1-6H3. The van der Waals surface area contributed by atoms with E-state index in [0.29, 0.717) is 34.5 Å². The molecule has 0 heterocycles. The highest BCUT2D eigenvalue weighted by atomic mass is 19.4. The highest BCUT2D eigenvalue weighted by molar-refractivity contribution is 6.02. The lowest BCUT2D eigenvalue weighted by molar-refractivity contribution is -0.348. The summed E-state index contributed by atoms with van der Waals surface area (Å²) in [4.78, 5) is 13.1. The number of alkyl halides is 7. The van der Waals surface area contributed by atoms with Gasteiger partial charge in [0.25, 0.3) is 0 Å². The molecule has 176 valence electrons. The van der Waals surface area contributed by atoms with Crippen molar-refractivity contribution in [2.45, 2.75) is 66.0 Å². The first-order chi connectivity index (χ1) is 14.4. The summed E-state index contributed by atoms with van der Waals surface area (Å²) >= 11 is 0. The molecule has 0 aliphatic rings. The molecule has 0 aliphatic carbocycles. The number of carbonyl (C=O) groups excluding carboxylic acids is 1. The lowest BCUT2D eigenvalue weighted by Crippen LogP contribution is -2.50. The Kier molecular flexibility index (Phi) is 6.49. The monoisotopic (exact) mass is 463 g/mol. The highest BCUT2D eigenvalue weighted by Gasteiger charge is 2.73. The summed E-state index contributed by atoms with van der Waals surface area (Å²) < 4.78 is 93.2. The third kappa shape index (κ3) is 3.97. The second-order valence-electron chi connectivity index (χ2n) is 8.13. The molecule has 0 bridgehead atoms. The van der Waals surface area contributed by atoms with Crippen LogP contribution in [0.2, 0.25) is 0 Å². The Bertz CT molecular complexity index is 1020. The molecule has 0 radical (unpaired) electrons. The molecular weight excluding hydrogens is 439 g/mol. The van der Waals surface area contributed by atoms with Crippen LogP contribution >= 0.6 is 0 Å². The van der Waals surface area contributed by atoms with Crippen LogP contribution in [0.3, 0.4) is 0 Å². The van der Waals surface area contributed by atoms with Gasteiger partial charge in [-0.2, -0.15) is 26.3 Å². The van der Waals surface area contributed by atoms with Gasteiger partial charge in [-0.25, -0.2) is 4.39 Å². The Labute approximate surface area is 181 Å². The van der Waals surface area contributed by atoms with Gasteiger partial charge in [0.05, 0.1) is 0 Å².